The Labute approximate surface area is 134 Å². The molecule has 0 heterocycles. The molecule has 20 heavy (non-hydrogen) atoms. The molecule has 0 bridgehead atoms. The average molecular weight is 382 g/mol. The van der Waals surface area contributed by atoms with Crippen LogP contribution in [-0.2, 0) is 4.79 Å². The van der Waals surface area contributed by atoms with Gasteiger partial charge in [-0.25, -0.2) is 9.59 Å². The van der Waals surface area contributed by atoms with Gasteiger partial charge in [-0.2, -0.15) is 11.8 Å². The number of hydrogen-bond acceptors (Lipinski definition) is 3. The van der Waals surface area contributed by atoms with E-state index in [9.17, 15) is 9.59 Å². The fourth-order valence-electron chi connectivity index (χ4n) is 1.40. The van der Waals surface area contributed by atoms with E-state index in [0.29, 0.717) is 27.4 Å². The Morgan fingerprint density at radius 2 is 2.20 bits per heavy atom. The van der Waals surface area contributed by atoms with Crippen LogP contribution >= 0.6 is 39.3 Å². The van der Waals surface area contributed by atoms with Crippen molar-refractivity contribution in [3.05, 3.63) is 27.7 Å². The maximum atomic E-state index is 11.8. The number of aliphatic carboxylic acids is 1. The molecule has 0 aromatic heterocycles. The van der Waals surface area contributed by atoms with Gasteiger partial charge in [0.15, 0.2) is 0 Å². The van der Waals surface area contributed by atoms with Crippen LogP contribution in [0.15, 0.2) is 22.7 Å². The molecule has 8 heteroatoms. The zero-order valence-electron chi connectivity index (χ0n) is 10.7. The van der Waals surface area contributed by atoms with Gasteiger partial charge in [0.1, 0.15) is 6.04 Å². The molecule has 0 spiro atoms. The lowest BCUT2D eigenvalue weighted by Gasteiger charge is -2.15. The molecule has 1 aromatic rings. The van der Waals surface area contributed by atoms with Crippen LogP contribution in [0.4, 0.5) is 10.5 Å². The highest BCUT2D eigenvalue weighted by Gasteiger charge is 2.19. The Bertz CT molecular complexity index is 502. The first-order valence-corrected chi connectivity index (χ1v) is 8.25. The minimum Gasteiger partial charge on any atom is -0.480 e. The van der Waals surface area contributed by atoms with Crippen molar-refractivity contribution in [2.45, 2.75) is 12.5 Å². The van der Waals surface area contributed by atoms with Crippen molar-refractivity contribution in [1.29, 1.82) is 0 Å². The Balaban J connectivity index is 2.63. The van der Waals surface area contributed by atoms with E-state index in [-0.39, 0.29) is 0 Å². The molecule has 2 amide bonds. The second-order valence-corrected chi connectivity index (χ2v) is 6.17. The summed E-state index contributed by atoms with van der Waals surface area (Å²) in [4.78, 5) is 22.8. The topological polar surface area (TPSA) is 78.4 Å². The molecule has 0 fully saturated rings. The molecule has 1 rings (SSSR count). The van der Waals surface area contributed by atoms with Gasteiger partial charge < -0.3 is 15.7 Å². The van der Waals surface area contributed by atoms with E-state index in [1.165, 1.54) is 11.8 Å². The second kappa shape index (κ2) is 8.39. The number of urea groups is 1. The maximum Gasteiger partial charge on any atom is 0.326 e. The molecule has 0 aliphatic carbocycles. The standard InChI is InChI=1S/C12H14BrClN2O3S/c1-20-5-4-10(11(17)18)16-12(19)15-9-3-2-7(14)6-8(9)13/h2-3,6,10H,4-5H2,1H3,(H,17,18)(H2,15,16,19)/t10-/m0/s1. The van der Waals surface area contributed by atoms with Crippen LogP contribution in [0, 0.1) is 0 Å². The molecule has 0 aliphatic heterocycles. The van der Waals surface area contributed by atoms with Crippen LogP contribution in [0.25, 0.3) is 0 Å². The Morgan fingerprint density at radius 1 is 1.50 bits per heavy atom. The summed E-state index contributed by atoms with van der Waals surface area (Å²) in [5.74, 6) is -0.397. The smallest absolute Gasteiger partial charge is 0.326 e. The summed E-state index contributed by atoms with van der Waals surface area (Å²) in [6, 6.07) is 3.42. The van der Waals surface area contributed by atoms with E-state index < -0.39 is 18.0 Å². The number of halogens is 2. The summed E-state index contributed by atoms with van der Waals surface area (Å²) < 4.78 is 0.621. The summed E-state index contributed by atoms with van der Waals surface area (Å²) in [7, 11) is 0. The zero-order chi connectivity index (χ0) is 15.1. The van der Waals surface area contributed by atoms with Crippen molar-refractivity contribution in [2.75, 3.05) is 17.3 Å². The molecule has 5 nitrogen and oxygen atoms in total. The Kier molecular flexibility index (Phi) is 7.18. The van der Waals surface area contributed by atoms with Crippen molar-refractivity contribution in [3.8, 4) is 0 Å². The van der Waals surface area contributed by atoms with Crippen LogP contribution in [0.1, 0.15) is 6.42 Å². The number of hydrogen-bond donors (Lipinski definition) is 3. The van der Waals surface area contributed by atoms with Gasteiger partial charge >= 0.3 is 12.0 Å². The number of anilines is 1. The highest BCUT2D eigenvalue weighted by atomic mass is 79.9. The molecule has 0 aliphatic rings. The number of benzene rings is 1. The van der Waals surface area contributed by atoms with Crippen molar-refractivity contribution in [1.82, 2.24) is 5.32 Å². The molecular weight excluding hydrogens is 368 g/mol. The number of nitrogens with one attached hydrogen (secondary N) is 2. The molecule has 1 aromatic carbocycles. The highest BCUT2D eigenvalue weighted by Crippen LogP contribution is 2.25. The predicted octanol–water partition coefficient (Wildman–Crippen LogP) is 3.43. The van der Waals surface area contributed by atoms with E-state index in [1.807, 2.05) is 6.26 Å². The third kappa shape index (κ3) is 5.60. The Morgan fingerprint density at radius 3 is 2.75 bits per heavy atom. The quantitative estimate of drug-likeness (QED) is 0.705. The van der Waals surface area contributed by atoms with Gasteiger partial charge in [0.25, 0.3) is 0 Å². The number of carbonyl (C=O) groups excluding carboxylic acids is 1. The predicted molar refractivity (Wildman–Crippen MR) is 85.7 cm³/mol. The zero-order valence-corrected chi connectivity index (χ0v) is 13.8. The average Bonchev–Trinajstić information content (AvgIpc) is 2.37. The highest BCUT2D eigenvalue weighted by molar-refractivity contribution is 9.10. The van der Waals surface area contributed by atoms with Crippen molar-refractivity contribution in [2.24, 2.45) is 0 Å². The first-order chi connectivity index (χ1) is 9.43. The molecule has 0 unspecified atom stereocenters. The van der Waals surface area contributed by atoms with Gasteiger partial charge in [-0.15, -0.1) is 0 Å². The van der Waals surface area contributed by atoms with Crippen molar-refractivity contribution < 1.29 is 14.7 Å². The molecule has 110 valence electrons. The van der Waals surface area contributed by atoms with Gasteiger partial charge in [-0.3, -0.25) is 0 Å². The van der Waals surface area contributed by atoms with Crippen LogP contribution in [0.2, 0.25) is 5.02 Å². The van der Waals surface area contributed by atoms with Gasteiger partial charge in [0, 0.05) is 9.50 Å². The third-order valence-corrected chi connectivity index (χ3v) is 3.93. The molecule has 1 atom stereocenters. The molecule has 0 saturated heterocycles. The van der Waals surface area contributed by atoms with E-state index in [2.05, 4.69) is 26.6 Å². The summed E-state index contributed by atoms with van der Waals surface area (Å²) in [6.07, 6.45) is 2.25. The summed E-state index contributed by atoms with van der Waals surface area (Å²) in [5, 5.41) is 14.6. The fourth-order valence-corrected chi connectivity index (χ4v) is 2.65. The Hall–Kier alpha value is -0.920. The lowest BCUT2D eigenvalue weighted by Crippen LogP contribution is -2.43. The first-order valence-electron chi connectivity index (χ1n) is 5.68. The maximum absolute atomic E-state index is 11.8. The lowest BCUT2D eigenvalue weighted by molar-refractivity contribution is -0.139. The largest absolute Gasteiger partial charge is 0.480 e. The third-order valence-electron chi connectivity index (χ3n) is 2.39. The van der Waals surface area contributed by atoms with Gasteiger partial charge in [0.2, 0.25) is 0 Å². The molecule has 0 radical (unpaired) electrons. The number of rotatable bonds is 6. The van der Waals surface area contributed by atoms with E-state index >= 15 is 0 Å². The number of carboxylic acid groups (broad SMARTS) is 1. The second-order valence-electron chi connectivity index (χ2n) is 3.89. The van der Waals surface area contributed by atoms with Crippen LogP contribution in [0.5, 0.6) is 0 Å². The molecular formula is C12H14BrClN2O3S. The van der Waals surface area contributed by atoms with Crippen LogP contribution in [-0.4, -0.2) is 35.2 Å². The van der Waals surface area contributed by atoms with Gasteiger partial charge in [0.05, 0.1) is 5.69 Å². The number of carboxylic acids is 1. The SMILES string of the molecule is CSCC[C@H](NC(=O)Nc1ccc(Cl)cc1Br)C(=O)O. The number of amides is 2. The lowest BCUT2D eigenvalue weighted by atomic mass is 10.2. The summed E-state index contributed by atoms with van der Waals surface area (Å²) in [6.45, 7) is 0. The number of carbonyl (C=O) groups is 2. The van der Waals surface area contributed by atoms with Crippen LogP contribution < -0.4 is 10.6 Å². The van der Waals surface area contributed by atoms with Crippen molar-refractivity contribution in [3.63, 3.8) is 0 Å². The van der Waals surface area contributed by atoms with Crippen molar-refractivity contribution >= 4 is 57.0 Å². The normalized spacial score (nSPS) is 11.8. The first kappa shape index (κ1) is 17.1. The monoisotopic (exact) mass is 380 g/mol. The minimum absolute atomic E-state index is 0.367. The number of thioether (sulfide) groups is 1. The van der Waals surface area contributed by atoms with E-state index in [0.717, 1.165) is 0 Å². The summed E-state index contributed by atoms with van der Waals surface area (Å²) in [5.41, 5.74) is 0.515. The molecule has 3 N–H and O–H groups in total. The van der Waals surface area contributed by atoms with E-state index in [4.69, 9.17) is 16.7 Å². The van der Waals surface area contributed by atoms with Gasteiger partial charge in [-0.05, 0) is 52.6 Å². The summed E-state index contributed by atoms with van der Waals surface area (Å²) >= 11 is 10.6. The van der Waals surface area contributed by atoms with E-state index in [1.54, 1.807) is 18.2 Å². The van der Waals surface area contributed by atoms with Gasteiger partial charge in [-0.1, -0.05) is 11.6 Å². The fraction of sp³-hybridized carbons (Fsp3) is 0.333. The van der Waals surface area contributed by atoms with Crippen LogP contribution in [0.3, 0.4) is 0 Å². The minimum atomic E-state index is -1.05. The molecule has 0 saturated carbocycles.